The number of nitrogens with zero attached hydrogens (tertiary/aromatic N) is 1. The number of para-hydroxylation sites is 1. The fraction of sp³-hybridized carbons (Fsp3) is 0.562. The minimum Gasteiger partial charge on any atom is -0.324 e. The highest BCUT2D eigenvalue weighted by atomic mass is 35.5. The number of anilines is 1. The lowest BCUT2D eigenvalue weighted by molar-refractivity contribution is -0.118. The van der Waals surface area contributed by atoms with E-state index in [1.807, 2.05) is 18.7 Å². The van der Waals surface area contributed by atoms with Crippen LogP contribution in [0.2, 0.25) is 5.02 Å². The van der Waals surface area contributed by atoms with Gasteiger partial charge in [0.05, 0.1) is 28.8 Å². The van der Waals surface area contributed by atoms with E-state index in [2.05, 4.69) is 5.32 Å². The van der Waals surface area contributed by atoms with Crippen LogP contribution in [0.15, 0.2) is 24.3 Å². The summed E-state index contributed by atoms with van der Waals surface area (Å²) in [7, 11) is -2.98. The molecule has 23 heavy (non-hydrogen) atoms. The molecule has 128 valence electrons. The number of hydrogen-bond donors (Lipinski definition) is 1. The van der Waals surface area contributed by atoms with Crippen molar-refractivity contribution in [2.75, 3.05) is 23.4 Å². The molecule has 0 bridgehead atoms. The summed E-state index contributed by atoms with van der Waals surface area (Å²) in [4.78, 5) is 14.3. The average molecular weight is 359 g/mol. The summed E-state index contributed by atoms with van der Waals surface area (Å²) in [5.41, 5.74) is 0.572. The number of carbonyl (C=O) groups excluding carboxylic acids is 1. The lowest BCUT2D eigenvalue weighted by Crippen LogP contribution is -2.46. The van der Waals surface area contributed by atoms with E-state index in [1.165, 1.54) is 0 Å². The summed E-state index contributed by atoms with van der Waals surface area (Å²) in [5, 5.41) is 3.29. The first kappa shape index (κ1) is 18.2. The van der Waals surface area contributed by atoms with Gasteiger partial charge in [-0.2, -0.15) is 0 Å². The third kappa shape index (κ3) is 4.93. The first-order valence-corrected chi connectivity index (χ1v) is 10.0. The lowest BCUT2D eigenvalue weighted by atomic mass is 10.1. The van der Waals surface area contributed by atoms with Gasteiger partial charge in [-0.05, 0) is 31.9 Å². The molecular weight excluding hydrogens is 336 g/mol. The van der Waals surface area contributed by atoms with Crippen molar-refractivity contribution in [3.05, 3.63) is 29.3 Å². The number of benzene rings is 1. The Hall–Kier alpha value is -1.11. The van der Waals surface area contributed by atoms with Gasteiger partial charge in [0.15, 0.2) is 9.84 Å². The van der Waals surface area contributed by atoms with Gasteiger partial charge >= 0.3 is 0 Å². The van der Waals surface area contributed by atoms with Gasteiger partial charge in [0.1, 0.15) is 0 Å². The molecule has 5 nitrogen and oxygen atoms in total. The molecular formula is C16H23ClN2O3S. The number of rotatable bonds is 6. The number of amides is 1. The molecule has 0 radical (unpaired) electrons. The van der Waals surface area contributed by atoms with Crippen LogP contribution in [0, 0.1) is 0 Å². The summed E-state index contributed by atoms with van der Waals surface area (Å²) in [6.07, 6.45) is 1.45. The summed E-state index contributed by atoms with van der Waals surface area (Å²) in [5.74, 6) is 0.163. The minimum atomic E-state index is -2.98. The molecule has 0 spiro atoms. The monoisotopic (exact) mass is 358 g/mol. The molecule has 1 saturated heterocycles. The second-order valence-electron chi connectivity index (χ2n) is 6.01. The first-order chi connectivity index (χ1) is 10.8. The van der Waals surface area contributed by atoms with Crippen LogP contribution in [0.25, 0.3) is 0 Å². The zero-order valence-corrected chi connectivity index (χ0v) is 15.0. The lowest BCUT2D eigenvalue weighted by Gasteiger charge is -2.32. The Kier molecular flexibility index (Phi) is 6.06. The van der Waals surface area contributed by atoms with Gasteiger partial charge in [0.25, 0.3) is 0 Å². The second-order valence-corrected chi connectivity index (χ2v) is 8.65. The standard InChI is InChI=1S/C16H23ClN2O3S/c1-3-12(2)19(13-8-9-23(21,22)11-13)10-16(20)18-15-7-5-4-6-14(15)17/h4-7,12-13H,3,8-11H2,1-2H3,(H,18,20). The maximum absolute atomic E-state index is 12.4. The van der Waals surface area contributed by atoms with Crippen LogP contribution in [0.3, 0.4) is 0 Å². The summed E-state index contributed by atoms with van der Waals surface area (Å²) in [6, 6.07) is 7.11. The van der Waals surface area contributed by atoms with Crippen LogP contribution in [0.1, 0.15) is 26.7 Å². The molecule has 1 aromatic carbocycles. The van der Waals surface area contributed by atoms with Gasteiger partial charge in [-0.25, -0.2) is 8.42 Å². The molecule has 2 rings (SSSR count). The minimum absolute atomic E-state index is 0.0908. The third-order valence-electron chi connectivity index (χ3n) is 4.31. The normalized spacial score (nSPS) is 21.3. The quantitative estimate of drug-likeness (QED) is 0.848. The fourth-order valence-corrected chi connectivity index (χ4v) is 4.76. The average Bonchev–Trinajstić information content (AvgIpc) is 2.86. The van der Waals surface area contributed by atoms with Gasteiger partial charge in [-0.1, -0.05) is 30.7 Å². The number of carbonyl (C=O) groups is 1. The molecule has 1 N–H and O–H groups in total. The zero-order valence-electron chi connectivity index (χ0n) is 13.5. The Morgan fingerprint density at radius 1 is 1.43 bits per heavy atom. The summed E-state index contributed by atoms with van der Waals surface area (Å²) >= 11 is 6.05. The van der Waals surface area contributed by atoms with Gasteiger partial charge < -0.3 is 5.32 Å². The molecule has 1 fully saturated rings. The van der Waals surface area contributed by atoms with Crippen LogP contribution < -0.4 is 5.32 Å². The predicted octanol–water partition coefficient (Wildman–Crippen LogP) is 2.57. The number of hydrogen-bond acceptors (Lipinski definition) is 4. The second kappa shape index (κ2) is 7.64. The van der Waals surface area contributed by atoms with Gasteiger partial charge in [-0.15, -0.1) is 0 Å². The van der Waals surface area contributed by atoms with E-state index in [0.29, 0.717) is 17.1 Å². The van der Waals surface area contributed by atoms with Crippen LogP contribution in [-0.2, 0) is 14.6 Å². The van der Waals surface area contributed by atoms with Crippen LogP contribution in [0.4, 0.5) is 5.69 Å². The molecule has 0 aliphatic carbocycles. The highest BCUT2D eigenvalue weighted by Crippen LogP contribution is 2.23. The maximum Gasteiger partial charge on any atom is 0.238 e. The molecule has 1 amide bonds. The Morgan fingerprint density at radius 3 is 2.70 bits per heavy atom. The predicted molar refractivity (Wildman–Crippen MR) is 93.6 cm³/mol. The van der Waals surface area contributed by atoms with Crippen LogP contribution in [-0.4, -0.2) is 49.4 Å². The molecule has 1 aromatic rings. The molecule has 0 aromatic heterocycles. The van der Waals surface area contributed by atoms with Crippen molar-refractivity contribution >= 4 is 33.0 Å². The van der Waals surface area contributed by atoms with Gasteiger partial charge in [0.2, 0.25) is 5.91 Å². The zero-order chi connectivity index (χ0) is 17.0. The summed E-state index contributed by atoms with van der Waals surface area (Å²) < 4.78 is 23.5. The van der Waals surface area contributed by atoms with E-state index in [-0.39, 0.29) is 36.0 Å². The van der Waals surface area contributed by atoms with Crippen LogP contribution in [0.5, 0.6) is 0 Å². The molecule has 7 heteroatoms. The van der Waals surface area contributed by atoms with E-state index < -0.39 is 9.84 Å². The molecule has 1 aliphatic heterocycles. The number of nitrogens with one attached hydrogen (secondary N) is 1. The third-order valence-corrected chi connectivity index (χ3v) is 6.39. The van der Waals surface area contributed by atoms with Crippen molar-refractivity contribution in [3.8, 4) is 0 Å². The number of sulfone groups is 1. The van der Waals surface area contributed by atoms with Crippen LogP contribution >= 0.6 is 11.6 Å². The Bertz CT molecular complexity index is 663. The van der Waals surface area contributed by atoms with E-state index in [1.54, 1.807) is 24.3 Å². The molecule has 1 aliphatic rings. The van der Waals surface area contributed by atoms with Gasteiger partial charge in [0, 0.05) is 12.1 Å². The molecule has 2 unspecified atom stereocenters. The fourth-order valence-electron chi connectivity index (χ4n) is 2.83. The Labute approximate surface area is 142 Å². The topological polar surface area (TPSA) is 66.5 Å². The SMILES string of the molecule is CCC(C)N(CC(=O)Nc1ccccc1Cl)C1CCS(=O)(=O)C1. The largest absolute Gasteiger partial charge is 0.324 e. The van der Waals surface area contributed by atoms with Crippen molar-refractivity contribution < 1.29 is 13.2 Å². The van der Waals surface area contributed by atoms with E-state index in [4.69, 9.17) is 11.6 Å². The Morgan fingerprint density at radius 2 is 2.13 bits per heavy atom. The molecule has 1 heterocycles. The van der Waals surface area contributed by atoms with Crippen molar-refractivity contribution in [1.82, 2.24) is 4.90 Å². The van der Waals surface area contributed by atoms with Crippen molar-refractivity contribution in [3.63, 3.8) is 0 Å². The van der Waals surface area contributed by atoms with E-state index in [0.717, 1.165) is 6.42 Å². The van der Waals surface area contributed by atoms with E-state index in [9.17, 15) is 13.2 Å². The highest BCUT2D eigenvalue weighted by Gasteiger charge is 2.34. The maximum atomic E-state index is 12.4. The molecule has 2 atom stereocenters. The Balaban J connectivity index is 2.06. The van der Waals surface area contributed by atoms with Gasteiger partial charge in [-0.3, -0.25) is 9.69 Å². The van der Waals surface area contributed by atoms with Crippen molar-refractivity contribution in [2.24, 2.45) is 0 Å². The first-order valence-electron chi connectivity index (χ1n) is 7.83. The highest BCUT2D eigenvalue weighted by molar-refractivity contribution is 7.91. The van der Waals surface area contributed by atoms with E-state index >= 15 is 0 Å². The summed E-state index contributed by atoms with van der Waals surface area (Å²) in [6.45, 7) is 4.22. The van der Waals surface area contributed by atoms with Crippen molar-refractivity contribution in [1.29, 1.82) is 0 Å². The number of halogens is 1. The smallest absolute Gasteiger partial charge is 0.238 e. The van der Waals surface area contributed by atoms with Crippen molar-refractivity contribution in [2.45, 2.75) is 38.8 Å². The molecule has 0 saturated carbocycles.